The van der Waals surface area contributed by atoms with Crippen molar-refractivity contribution >= 4 is 22.8 Å². The van der Waals surface area contributed by atoms with E-state index in [9.17, 15) is 0 Å². The van der Waals surface area contributed by atoms with Gasteiger partial charge in [0.05, 0.1) is 11.0 Å². The highest BCUT2D eigenvalue weighted by molar-refractivity contribution is 7.98. The maximum atomic E-state index is 4.60. The second-order valence-electron chi connectivity index (χ2n) is 3.76. The lowest BCUT2D eigenvalue weighted by atomic mass is 10.1. The van der Waals surface area contributed by atoms with E-state index in [1.54, 1.807) is 11.8 Å². The topological polar surface area (TPSA) is 28.7 Å². The summed E-state index contributed by atoms with van der Waals surface area (Å²) in [7, 11) is 0. The number of aromatic amines is 1. The summed E-state index contributed by atoms with van der Waals surface area (Å²) in [5.74, 6) is 0.775. The molecule has 1 aliphatic rings. The third-order valence-electron chi connectivity index (χ3n) is 2.73. The summed E-state index contributed by atoms with van der Waals surface area (Å²) in [5, 5.41) is 1.02. The zero-order chi connectivity index (χ0) is 9.54. The summed E-state index contributed by atoms with van der Waals surface area (Å²) in [6.45, 7) is 0. The van der Waals surface area contributed by atoms with Gasteiger partial charge in [0.15, 0.2) is 5.16 Å². The van der Waals surface area contributed by atoms with Gasteiger partial charge in [-0.3, -0.25) is 0 Å². The number of rotatable bonds is 2. The molecule has 0 amide bonds. The van der Waals surface area contributed by atoms with E-state index < -0.39 is 0 Å². The van der Waals surface area contributed by atoms with Gasteiger partial charge in [0.2, 0.25) is 0 Å². The molecule has 1 fully saturated rings. The third-order valence-corrected chi connectivity index (χ3v) is 3.31. The SMILES string of the molecule is CSc1nc2c(C3CC3)cccc2[nH]1. The number of nitrogens with zero attached hydrogens (tertiary/aromatic N) is 1. The molecule has 0 unspecified atom stereocenters. The zero-order valence-corrected chi connectivity index (χ0v) is 8.90. The zero-order valence-electron chi connectivity index (χ0n) is 8.08. The van der Waals surface area contributed by atoms with Crippen LogP contribution in [0.1, 0.15) is 24.3 Å². The number of H-pyrrole nitrogens is 1. The second-order valence-corrected chi connectivity index (χ2v) is 4.56. The summed E-state index contributed by atoms with van der Waals surface area (Å²) < 4.78 is 0. The van der Waals surface area contributed by atoms with Crippen molar-refractivity contribution in [3.63, 3.8) is 0 Å². The Kier molecular flexibility index (Phi) is 1.80. The summed E-state index contributed by atoms with van der Waals surface area (Å²) in [5.41, 5.74) is 3.79. The molecule has 72 valence electrons. The van der Waals surface area contributed by atoms with Gasteiger partial charge in [0, 0.05) is 0 Å². The van der Waals surface area contributed by atoms with E-state index in [2.05, 4.69) is 34.4 Å². The largest absolute Gasteiger partial charge is 0.333 e. The quantitative estimate of drug-likeness (QED) is 0.761. The maximum Gasteiger partial charge on any atom is 0.166 e. The Balaban J connectivity index is 2.23. The van der Waals surface area contributed by atoms with E-state index in [0.717, 1.165) is 11.1 Å². The van der Waals surface area contributed by atoms with Crippen molar-refractivity contribution in [1.82, 2.24) is 9.97 Å². The van der Waals surface area contributed by atoms with Crippen molar-refractivity contribution in [2.24, 2.45) is 0 Å². The highest BCUT2D eigenvalue weighted by atomic mass is 32.2. The van der Waals surface area contributed by atoms with Gasteiger partial charge in [-0.05, 0) is 36.6 Å². The van der Waals surface area contributed by atoms with E-state index >= 15 is 0 Å². The van der Waals surface area contributed by atoms with Crippen LogP contribution in [0.2, 0.25) is 0 Å². The molecule has 0 saturated heterocycles. The highest BCUT2D eigenvalue weighted by Crippen LogP contribution is 2.42. The van der Waals surface area contributed by atoms with Gasteiger partial charge in [-0.15, -0.1) is 0 Å². The Morgan fingerprint density at radius 2 is 2.29 bits per heavy atom. The van der Waals surface area contributed by atoms with E-state index in [1.807, 2.05) is 0 Å². The lowest BCUT2D eigenvalue weighted by Gasteiger charge is -1.97. The van der Waals surface area contributed by atoms with Crippen LogP contribution in [0.15, 0.2) is 23.4 Å². The molecular weight excluding hydrogens is 192 g/mol. The van der Waals surface area contributed by atoms with Crippen LogP contribution in [0.4, 0.5) is 0 Å². The first-order valence-corrected chi connectivity index (χ1v) is 6.13. The Morgan fingerprint density at radius 3 is 3.00 bits per heavy atom. The molecule has 14 heavy (non-hydrogen) atoms. The predicted molar refractivity (Wildman–Crippen MR) is 59.8 cm³/mol. The molecule has 3 heteroatoms. The van der Waals surface area contributed by atoms with Crippen LogP contribution < -0.4 is 0 Å². The molecular formula is C11H12N2S. The minimum atomic E-state index is 0.775. The van der Waals surface area contributed by atoms with E-state index in [4.69, 9.17) is 0 Å². The number of hydrogen-bond donors (Lipinski definition) is 1. The molecule has 2 nitrogen and oxygen atoms in total. The summed E-state index contributed by atoms with van der Waals surface area (Å²) in [6, 6.07) is 6.44. The van der Waals surface area contributed by atoms with Crippen LogP contribution in [0, 0.1) is 0 Å². The number of para-hydroxylation sites is 1. The molecule has 1 saturated carbocycles. The van der Waals surface area contributed by atoms with Gasteiger partial charge in [0.1, 0.15) is 0 Å². The Bertz CT molecular complexity index is 471. The van der Waals surface area contributed by atoms with Crippen LogP contribution in [0.25, 0.3) is 11.0 Å². The molecule has 1 aliphatic carbocycles. The van der Waals surface area contributed by atoms with Gasteiger partial charge in [-0.2, -0.15) is 0 Å². The van der Waals surface area contributed by atoms with Gasteiger partial charge in [0.25, 0.3) is 0 Å². The van der Waals surface area contributed by atoms with Crippen LogP contribution in [0.3, 0.4) is 0 Å². The van der Waals surface area contributed by atoms with Gasteiger partial charge in [-0.1, -0.05) is 23.9 Å². The minimum Gasteiger partial charge on any atom is -0.333 e. The van der Waals surface area contributed by atoms with E-state index in [1.165, 1.54) is 29.4 Å². The number of hydrogen-bond acceptors (Lipinski definition) is 2. The normalized spacial score (nSPS) is 16.4. The van der Waals surface area contributed by atoms with Crippen molar-refractivity contribution in [3.8, 4) is 0 Å². The van der Waals surface area contributed by atoms with E-state index in [0.29, 0.717) is 0 Å². The smallest absolute Gasteiger partial charge is 0.166 e. The van der Waals surface area contributed by atoms with Crippen molar-refractivity contribution < 1.29 is 0 Å². The predicted octanol–water partition coefficient (Wildman–Crippen LogP) is 3.16. The lowest BCUT2D eigenvalue weighted by molar-refractivity contribution is 1.07. The molecule has 3 rings (SSSR count). The first-order chi connectivity index (χ1) is 6.88. The summed E-state index contributed by atoms with van der Waals surface area (Å²) in [4.78, 5) is 7.92. The Hall–Kier alpha value is -0.960. The molecule has 1 aromatic carbocycles. The van der Waals surface area contributed by atoms with Crippen LogP contribution in [-0.4, -0.2) is 16.2 Å². The van der Waals surface area contributed by atoms with Gasteiger partial charge in [-0.25, -0.2) is 4.98 Å². The molecule has 2 aromatic rings. The minimum absolute atomic E-state index is 0.775. The third kappa shape index (κ3) is 1.23. The summed E-state index contributed by atoms with van der Waals surface area (Å²) in [6.07, 6.45) is 4.72. The number of thioether (sulfide) groups is 1. The fourth-order valence-electron chi connectivity index (χ4n) is 1.85. The van der Waals surface area contributed by atoms with Gasteiger partial charge >= 0.3 is 0 Å². The number of fused-ring (bicyclic) bond motifs is 1. The van der Waals surface area contributed by atoms with Crippen molar-refractivity contribution in [2.45, 2.75) is 23.9 Å². The molecule has 0 atom stereocenters. The molecule has 1 aromatic heterocycles. The summed E-state index contributed by atoms with van der Waals surface area (Å²) >= 11 is 1.67. The molecule has 1 heterocycles. The molecule has 1 N–H and O–H groups in total. The van der Waals surface area contributed by atoms with Crippen LogP contribution in [0.5, 0.6) is 0 Å². The average Bonchev–Trinajstić information content (AvgIpc) is 2.96. The van der Waals surface area contributed by atoms with Crippen molar-refractivity contribution in [3.05, 3.63) is 23.8 Å². The first kappa shape index (κ1) is 8.36. The number of benzene rings is 1. The highest BCUT2D eigenvalue weighted by Gasteiger charge is 2.26. The number of imidazole rings is 1. The monoisotopic (exact) mass is 204 g/mol. The van der Waals surface area contributed by atoms with Crippen LogP contribution >= 0.6 is 11.8 Å². The van der Waals surface area contributed by atoms with Crippen LogP contribution in [-0.2, 0) is 0 Å². The average molecular weight is 204 g/mol. The number of aromatic nitrogens is 2. The maximum absolute atomic E-state index is 4.60. The van der Waals surface area contributed by atoms with Crippen molar-refractivity contribution in [1.29, 1.82) is 0 Å². The molecule has 0 bridgehead atoms. The van der Waals surface area contributed by atoms with Crippen molar-refractivity contribution in [2.75, 3.05) is 6.26 Å². The van der Waals surface area contributed by atoms with Gasteiger partial charge < -0.3 is 4.98 Å². The standard InChI is InChI=1S/C11H12N2S/c1-14-11-12-9-4-2-3-8(7-5-6-7)10(9)13-11/h2-4,7H,5-6H2,1H3,(H,12,13). The Labute approximate surface area is 87.1 Å². The molecule has 0 radical (unpaired) electrons. The Morgan fingerprint density at radius 1 is 1.43 bits per heavy atom. The molecule has 0 spiro atoms. The number of nitrogens with one attached hydrogen (secondary N) is 1. The second kappa shape index (κ2) is 3.02. The fourth-order valence-corrected chi connectivity index (χ4v) is 2.25. The molecule has 0 aliphatic heterocycles. The fraction of sp³-hybridized carbons (Fsp3) is 0.364. The lowest BCUT2D eigenvalue weighted by Crippen LogP contribution is -1.81. The van der Waals surface area contributed by atoms with E-state index in [-0.39, 0.29) is 0 Å². The first-order valence-electron chi connectivity index (χ1n) is 4.91.